The maximum Gasteiger partial charge on any atom is 0.349 e. The van der Waals surface area contributed by atoms with E-state index < -0.39 is 23.0 Å². The molecule has 2 atom stereocenters. The Bertz CT molecular complexity index is 1240. The highest BCUT2D eigenvalue weighted by Crippen LogP contribution is 2.39. The summed E-state index contributed by atoms with van der Waals surface area (Å²) in [6.45, 7) is 0. The number of hydrazone groups is 1. The lowest BCUT2D eigenvalue weighted by molar-refractivity contribution is -0.145. The van der Waals surface area contributed by atoms with Crippen molar-refractivity contribution < 1.29 is 14.0 Å². The topological polar surface area (TPSA) is 92.0 Å². The van der Waals surface area contributed by atoms with Gasteiger partial charge in [0.25, 0.3) is 11.8 Å². The number of nitrogens with zero attached hydrogens (tertiary/aromatic N) is 2. The first kappa shape index (κ1) is 16.7. The number of halogens is 1. The predicted molar refractivity (Wildman–Crippen MR) is 102 cm³/mol. The summed E-state index contributed by atoms with van der Waals surface area (Å²) >= 11 is 6.22. The third kappa shape index (κ3) is 2.30. The molecule has 1 fully saturated rings. The average molecular weight is 394 g/mol. The largest absolute Gasteiger partial charge is 0.422 e. The van der Waals surface area contributed by atoms with Gasteiger partial charge in [0.1, 0.15) is 22.6 Å². The van der Waals surface area contributed by atoms with Crippen LogP contribution >= 0.6 is 11.6 Å². The Labute approximate surface area is 163 Å². The minimum Gasteiger partial charge on any atom is -0.422 e. The van der Waals surface area contributed by atoms with Crippen LogP contribution in [0, 0.1) is 0 Å². The Morgan fingerprint density at radius 1 is 0.964 bits per heavy atom. The second-order valence-corrected chi connectivity index (χ2v) is 6.95. The van der Waals surface area contributed by atoms with E-state index in [9.17, 15) is 14.4 Å². The van der Waals surface area contributed by atoms with Crippen molar-refractivity contribution in [1.82, 2.24) is 10.3 Å². The lowest BCUT2D eigenvalue weighted by Crippen LogP contribution is -2.54. The van der Waals surface area contributed by atoms with Crippen LogP contribution in [0.2, 0.25) is 0 Å². The van der Waals surface area contributed by atoms with Gasteiger partial charge in [-0.1, -0.05) is 48.5 Å². The van der Waals surface area contributed by atoms with E-state index >= 15 is 0 Å². The van der Waals surface area contributed by atoms with Gasteiger partial charge in [-0.15, -0.1) is 11.6 Å². The fourth-order valence-electron chi connectivity index (χ4n) is 3.53. The third-order valence-corrected chi connectivity index (χ3v) is 5.29. The quantitative estimate of drug-likeness (QED) is 0.411. The van der Waals surface area contributed by atoms with Gasteiger partial charge in [0.2, 0.25) is 0 Å². The number of amides is 2. The number of β-lactam (4-membered cyclic amide) rings is 1. The fraction of sp³-hybridized carbons (Fsp3) is 0.100. The molecule has 0 bridgehead atoms. The number of alkyl halides is 1. The van der Waals surface area contributed by atoms with Crippen molar-refractivity contribution in [2.45, 2.75) is 11.4 Å². The predicted octanol–water partition coefficient (Wildman–Crippen LogP) is 2.39. The maximum absolute atomic E-state index is 12.4. The van der Waals surface area contributed by atoms with Crippen molar-refractivity contribution in [3.8, 4) is 0 Å². The van der Waals surface area contributed by atoms with Gasteiger partial charge in [-0.2, -0.15) is 5.10 Å². The molecule has 8 heteroatoms. The number of hydrogen-bond acceptors (Lipinski definition) is 5. The first-order valence-corrected chi connectivity index (χ1v) is 8.98. The molecular formula is C20H12ClN3O4. The van der Waals surface area contributed by atoms with E-state index in [0.29, 0.717) is 16.5 Å². The summed E-state index contributed by atoms with van der Waals surface area (Å²) in [5.41, 5.74) is 0.619. The van der Waals surface area contributed by atoms with Crippen LogP contribution in [0.15, 0.2) is 68.9 Å². The zero-order valence-corrected chi connectivity index (χ0v) is 15.0. The zero-order chi connectivity index (χ0) is 19.4. The second kappa shape index (κ2) is 6.03. The van der Waals surface area contributed by atoms with Crippen LogP contribution in [0.1, 0.15) is 27.5 Å². The van der Waals surface area contributed by atoms with E-state index in [1.807, 2.05) is 30.3 Å². The summed E-state index contributed by atoms with van der Waals surface area (Å²) in [4.78, 5) is 37.0. The molecule has 3 aromatic rings. The standard InChI is InChI=1S/C20H12ClN3O4/c21-15-16(10-6-2-1-3-7-10)24(19(15)26)23-17-13-11-8-4-5-9-12(11)28-20(27)14(13)18(25)22-17/h1-9,15-16H,(H,22,23,25). The van der Waals surface area contributed by atoms with Crippen molar-refractivity contribution in [3.63, 3.8) is 0 Å². The van der Waals surface area contributed by atoms with Crippen molar-refractivity contribution in [2.75, 3.05) is 0 Å². The maximum atomic E-state index is 12.4. The first-order chi connectivity index (χ1) is 13.6. The Balaban J connectivity index is 1.66. The molecule has 1 N–H and O–H groups in total. The summed E-state index contributed by atoms with van der Waals surface area (Å²) < 4.78 is 5.22. The van der Waals surface area contributed by atoms with Gasteiger partial charge < -0.3 is 9.73 Å². The van der Waals surface area contributed by atoms with Crippen LogP contribution in [0.4, 0.5) is 0 Å². The molecule has 5 rings (SSSR count). The van der Waals surface area contributed by atoms with Gasteiger partial charge in [0.05, 0.1) is 5.56 Å². The molecule has 0 saturated carbocycles. The van der Waals surface area contributed by atoms with Crippen LogP contribution in [-0.2, 0) is 4.79 Å². The Morgan fingerprint density at radius 3 is 2.46 bits per heavy atom. The highest BCUT2D eigenvalue weighted by molar-refractivity contribution is 6.34. The van der Waals surface area contributed by atoms with Crippen molar-refractivity contribution >= 4 is 40.2 Å². The summed E-state index contributed by atoms with van der Waals surface area (Å²) in [6, 6.07) is 15.6. The molecule has 2 amide bonds. The molecule has 2 aromatic carbocycles. The lowest BCUT2D eigenvalue weighted by atomic mass is 9.95. The number of hydrogen-bond donors (Lipinski definition) is 1. The summed E-state index contributed by atoms with van der Waals surface area (Å²) in [7, 11) is 0. The van der Waals surface area contributed by atoms with Gasteiger partial charge in [0, 0.05) is 5.39 Å². The number of fused-ring (bicyclic) bond motifs is 3. The molecule has 2 aliphatic heterocycles. The lowest BCUT2D eigenvalue weighted by Gasteiger charge is -2.40. The highest BCUT2D eigenvalue weighted by Gasteiger charge is 2.48. The van der Waals surface area contributed by atoms with E-state index in [1.165, 1.54) is 5.01 Å². The van der Waals surface area contributed by atoms with Crippen LogP contribution in [-0.4, -0.2) is 28.0 Å². The van der Waals surface area contributed by atoms with Gasteiger partial charge in [0.15, 0.2) is 5.84 Å². The smallest absolute Gasteiger partial charge is 0.349 e. The molecule has 0 radical (unpaired) electrons. The second-order valence-electron chi connectivity index (χ2n) is 6.48. The van der Waals surface area contributed by atoms with Crippen LogP contribution < -0.4 is 10.9 Å². The zero-order valence-electron chi connectivity index (χ0n) is 14.3. The molecular weight excluding hydrogens is 382 g/mol. The molecule has 2 aliphatic rings. The molecule has 28 heavy (non-hydrogen) atoms. The summed E-state index contributed by atoms with van der Waals surface area (Å²) in [5.74, 6) is -0.861. The summed E-state index contributed by atoms with van der Waals surface area (Å²) in [6.07, 6.45) is 0. The van der Waals surface area contributed by atoms with Gasteiger partial charge >= 0.3 is 5.63 Å². The number of carbonyl (C=O) groups is 2. The molecule has 7 nitrogen and oxygen atoms in total. The number of benzene rings is 2. The normalized spacial score (nSPS) is 22.3. The van der Waals surface area contributed by atoms with Gasteiger partial charge in [-0.3, -0.25) is 9.59 Å². The van der Waals surface area contributed by atoms with Gasteiger partial charge in [-0.25, -0.2) is 9.80 Å². The molecule has 0 aliphatic carbocycles. The van der Waals surface area contributed by atoms with Crippen LogP contribution in [0.25, 0.3) is 11.0 Å². The SMILES string of the molecule is O=C1N/C(=N\N2C(=O)C(Cl)C2c2ccccc2)c2c1c(=O)oc1ccccc21. The van der Waals surface area contributed by atoms with E-state index in [4.69, 9.17) is 16.0 Å². The Hall–Kier alpha value is -3.45. The molecule has 1 aromatic heterocycles. The minimum atomic E-state index is -0.749. The number of carbonyl (C=O) groups excluding carboxylic acids is 2. The van der Waals surface area contributed by atoms with Gasteiger partial charge in [-0.05, 0) is 11.6 Å². The van der Waals surface area contributed by atoms with Crippen LogP contribution in [0.5, 0.6) is 0 Å². The Kier molecular flexibility index (Phi) is 3.60. The number of rotatable bonds is 2. The highest BCUT2D eigenvalue weighted by atomic mass is 35.5. The molecule has 3 heterocycles. The minimum absolute atomic E-state index is 0.121. The van der Waals surface area contributed by atoms with Crippen molar-refractivity contribution in [3.05, 3.63) is 81.7 Å². The van der Waals surface area contributed by atoms with Crippen molar-refractivity contribution in [1.29, 1.82) is 0 Å². The average Bonchev–Trinajstić information content (AvgIpc) is 3.05. The first-order valence-electron chi connectivity index (χ1n) is 8.54. The van der Waals surface area contributed by atoms with E-state index in [2.05, 4.69) is 10.4 Å². The summed E-state index contributed by atoms with van der Waals surface area (Å²) in [5, 5.41) is 7.97. The number of nitrogens with one attached hydrogen (secondary N) is 1. The molecule has 138 valence electrons. The fourth-order valence-corrected chi connectivity index (χ4v) is 3.88. The molecule has 0 spiro atoms. The molecule has 2 unspecified atom stereocenters. The van der Waals surface area contributed by atoms with Crippen LogP contribution in [0.3, 0.4) is 0 Å². The number of amidine groups is 1. The van der Waals surface area contributed by atoms with E-state index in [0.717, 1.165) is 5.56 Å². The third-order valence-electron chi connectivity index (χ3n) is 4.86. The van der Waals surface area contributed by atoms with Crippen molar-refractivity contribution in [2.24, 2.45) is 5.10 Å². The Morgan fingerprint density at radius 2 is 1.68 bits per heavy atom. The number of para-hydroxylation sites is 1. The molecule has 1 saturated heterocycles. The van der Waals surface area contributed by atoms with E-state index in [-0.39, 0.29) is 17.3 Å². The monoisotopic (exact) mass is 393 g/mol. The van der Waals surface area contributed by atoms with E-state index in [1.54, 1.807) is 24.3 Å².